The molecule has 100 valence electrons. The van der Waals surface area contributed by atoms with Gasteiger partial charge in [-0.05, 0) is 12.5 Å². The van der Waals surface area contributed by atoms with Crippen LogP contribution in [0.1, 0.15) is 12.5 Å². The van der Waals surface area contributed by atoms with E-state index in [9.17, 15) is 10.1 Å². The number of hydrogen-bond donors (Lipinski definition) is 1. The number of benzene rings is 1. The van der Waals surface area contributed by atoms with Crippen LogP contribution in [0.3, 0.4) is 0 Å². The lowest BCUT2D eigenvalue weighted by Crippen LogP contribution is -1.94. The molecule has 0 unspecified atom stereocenters. The lowest BCUT2D eigenvalue weighted by atomic mass is 10.2. The average Bonchev–Trinajstić information content (AvgIpc) is 2.85. The van der Waals surface area contributed by atoms with Crippen LogP contribution >= 0.6 is 23.1 Å². The van der Waals surface area contributed by atoms with Gasteiger partial charge in [-0.25, -0.2) is 0 Å². The maximum Gasteiger partial charge on any atom is 0.269 e. The van der Waals surface area contributed by atoms with Gasteiger partial charge in [0.1, 0.15) is 0 Å². The van der Waals surface area contributed by atoms with Crippen molar-refractivity contribution >= 4 is 33.9 Å². The molecule has 0 aliphatic carbocycles. The predicted octanol–water partition coefficient (Wildman–Crippen LogP) is 3.17. The molecule has 0 aliphatic heterocycles. The number of nitrogens with one attached hydrogen (secondary N) is 1. The van der Waals surface area contributed by atoms with Gasteiger partial charge in [0, 0.05) is 24.4 Å². The number of non-ortho nitro benzene ring substituents is 1. The van der Waals surface area contributed by atoms with Crippen molar-refractivity contribution < 1.29 is 4.92 Å². The monoisotopic (exact) mass is 296 g/mol. The minimum absolute atomic E-state index is 0.110. The second-order valence-electron chi connectivity index (χ2n) is 3.62. The van der Waals surface area contributed by atoms with Crippen LogP contribution in [-0.4, -0.2) is 21.7 Å². The maximum absolute atomic E-state index is 10.5. The molecule has 19 heavy (non-hydrogen) atoms. The highest BCUT2D eigenvalue weighted by molar-refractivity contribution is 8.00. The number of nitro benzene ring substituents is 1. The van der Waals surface area contributed by atoms with Gasteiger partial charge in [0.15, 0.2) is 4.34 Å². The minimum Gasteiger partial charge on any atom is -0.360 e. The van der Waals surface area contributed by atoms with Crippen LogP contribution < -0.4 is 5.32 Å². The van der Waals surface area contributed by atoms with Gasteiger partial charge in [-0.15, -0.1) is 10.2 Å². The Morgan fingerprint density at radius 2 is 2.11 bits per heavy atom. The fourth-order valence-corrected chi connectivity index (χ4v) is 3.13. The number of hydrogen-bond acceptors (Lipinski definition) is 7. The van der Waals surface area contributed by atoms with Gasteiger partial charge in [0.25, 0.3) is 5.69 Å². The highest BCUT2D eigenvalue weighted by atomic mass is 32.2. The van der Waals surface area contributed by atoms with Crippen LogP contribution in [0.5, 0.6) is 0 Å². The van der Waals surface area contributed by atoms with Crippen molar-refractivity contribution in [3.05, 3.63) is 39.9 Å². The summed E-state index contributed by atoms with van der Waals surface area (Å²) in [4.78, 5) is 10.1. The third-order valence-corrected chi connectivity index (χ3v) is 4.33. The summed E-state index contributed by atoms with van der Waals surface area (Å²) >= 11 is 3.08. The zero-order valence-corrected chi connectivity index (χ0v) is 11.8. The lowest BCUT2D eigenvalue weighted by molar-refractivity contribution is -0.384. The summed E-state index contributed by atoms with van der Waals surface area (Å²) in [6.45, 7) is 2.83. The zero-order chi connectivity index (χ0) is 13.7. The predicted molar refractivity (Wildman–Crippen MR) is 76.7 cm³/mol. The van der Waals surface area contributed by atoms with Crippen LogP contribution in [0.2, 0.25) is 0 Å². The number of nitro groups is 1. The molecule has 0 radical (unpaired) electrons. The smallest absolute Gasteiger partial charge is 0.269 e. The van der Waals surface area contributed by atoms with Crippen molar-refractivity contribution in [2.24, 2.45) is 0 Å². The molecule has 8 heteroatoms. The summed E-state index contributed by atoms with van der Waals surface area (Å²) in [6.07, 6.45) is 0. The quantitative estimate of drug-likeness (QED) is 0.501. The van der Waals surface area contributed by atoms with Crippen LogP contribution in [0.25, 0.3) is 0 Å². The average molecular weight is 296 g/mol. The Morgan fingerprint density at radius 1 is 1.37 bits per heavy atom. The van der Waals surface area contributed by atoms with E-state index in [1.165, 1.54) is 23.5 Å². The second-order valence-corrected chi connectivity index (χ2v) is 5.82. The van der Waals surface area contributed by atoms with Crippen LogP contribution in [0, 0.1) is 10.1 Å². The molecule has 1 aromatic carbocycles. The van der Waals surface area contributed by atoms with Gasteiger partial charge in [-0.2, -0.15) is 0 Å². The van der Waals surface area contributed by atoms with Crippen molar-refractivity contribution in [2.75, 3.05) is 11.9 Å². The van der Waals surface area contributed by atoms with E-state index in [0.29, 0.717) is 0 Å². The third-order valence-electron chi connectivity index (χ3n) is 2.24. The molecule has 6 nitrogen and oxygen atoms in total. The molecular weight excluding hydrogens is 284 g/mol. The fraction of sp³-hybridized carbons (Fsp3) is 0.273. The Hall–Kier alpha value is -1.67. The molecule has 2 aromatic rings. The number of rotatable bonds is 6. The summed E-state index contributed by atoms with van der Waals surface area (Å²) in [6, 6.07) is 6.55. The molecule has 0 saturated heterocycles. The number of thioether (sulfide) groups is 1. The first-order valence-corrected chi connectivity index (χ1v) is 7.42. The maximum atomic E-state index is 10.5. The lowest BCUT2D eigenvalue weighted by Gasteiger charge is -1.98. The normalized spacial score (nSPS) is 10.4. The fourth-order valence-electron chi connectivity index (χ4n) is 1.35. The van der Waals surface area contributed by atoms with Gasteiger partial charge >= 0.3 is 0 Å². The molecule has 1 aromatic heterocycles. The molecule has 2 rings (SSSR count). The van der Waals surface area contributed by atoms with E-state index in [0.717, 1.165) is 27.3 Å². The largest absolute Gasteiger partial charge is 0.360 e. The molecule has 0 fully saturated rings. The summed E-state index contributed by atoms with van der Waals surface area (Å²) < 4.78 is 0.884. The highest BCUT2D eigenvalue weighted by Gasteiger charge is 2.06. The molecule has 1 heterocycles. The summed E-state index contributed by atoms with van der Waals surface area (Å²) in [5.41, 5.74) is 1.13. The highest BCUT2D eigenvalue weighted by Crippen LogP contribution is 2.28. The van der Waals surface area contributed by atoms with E-state index in [2.05, 4.69) is 15.5 Å². The van der Waals surface area contributed by atoms with E-state index in [4.69, 9.17) is 0 Å². The van der Waals surface area contributed by atoms with E-state index in [1.54, 1.807) is 23.9 Å². The first-order chi connectivity index (χ1) is 9.19. The standard InChI is InChI=1S/C11H12N4O2S2/c1-2-12-10-13-14-11(19-10)18-7-8-3-5-9(6-4-8)15(16)17/h3-6H,2,7H2,1H3,(H,12,13). The van der Waals surface area contributed by atoms with Crippen molar-refractivity contribution in [2.45, 2.75) is 17.0 Å². The number of aromatic nitrogens is 2. The SMILES string of the molecule is CCNc1nnc(SCc2ccc([N+](=O)[O-])cc2)s1. The Morgan fingerprint density at radius 3 is 2.74 bits per heavy atom. The summed E-state index contributed by atoms with van der Waals surface area (Å²) in [7, 11) is 0. The van der Waals surface area contributed by atoms with Crippen molar-refractivity contribution in [1.29, 1.82) is 0 Å². The van der Waals surface area contributed by atoms with Gasteiger partial charge in [-0.3, -0.25) is 10.1 Å². The van der Waals surface area contributed by atoms with E-state index < -0.39 is 4.92 Å². The van der Waals surface area contributed by atoms with E-state index >= 15 is 0 Å². The molecular formula is C11H12N4O2S2. The Labute approximate surface area is 118 Å². The topological polar surface area (TPSA) is 81.0 Å². The molecule has 0 aliphatic rings. The van der Waals surface area contributed by atoms with Crippen molar-refractivity contribution in [3.8, 4) is 0 Å². The Bertz CT molecular complexity index is 556. The molecule has 0 saturated carbocycles. The number of anilines is 1. The molecule has 0 atom stereocenters. The second kappa shape index (κ2) is 6.48. The number of nitrogens with zero attached hydrogens (tertiary/aromatic N) is 3. The molecule has 1 N–H and O–H groups in total. The van der Waals surface area contributed by atoms with Gasteiger partial charge < -0.3 is 5.32 Å². The van der Waals surface area contributed by atoms with E-state index in [-0.39, 0.29) is 5.69 Å². The molecule has 0 amide bonds. The minimum atomic E-state index is -0.398. The molecule has 0 spiro atoms. The van der Waals surface area contributed by atoms with E-state index in [1.807, 2.05) is 6.92 Å². The van der Waals surface area contributed by atoms with Crippen LogP contribution in [0.4, 0.5) is 10.8 Å². The van der Waals surface area contributed by atoms with Crippen molar-refractivity contribution in [1.82, 2.24) is 10.2 Å². The summed E-state index contributed by atoms with van der Waals surface area (Å²) in [5, 5.41) is 22.5. The van der Waals surface area contributed by atoms with Gasteiger partial charge in [0.05, 0.1) is 4.92 Å². The summed E-state index contributed by atoms with van der Waals surface area (Å²) in [5.74, 6) is 0.721. The zero-order valence-electron chi connectivity index (χ0n) is 10.2. The molecule has 0 bridgehead atoms. The van der Waals surface area contributed by atoms with Gasteiger partial charge in [0.2, 0.25) is 5.13 Å². The van der Waals surface area contributed by atoms with Gasteiger partial charge in [-0.1, -0.05) is 35.2 Å². The first-order valence-electron chi connectivity index (χ1n) is 5.62. The van der Waals surface area contributed by atoms with Crippen molar-refractivity contribution in [3.63, 3.8) is 0 Å². The Balaban J connectivity index is 1.92. The van der Waals surface area contributed by atoms with Crippen LogP contribution in [-0.2, 0) is 5.75 Å². The first kappa shape index (κ1) is 13.8. The third kappa shape index (κ3) is 3.90. The van der Waals surface area contributed by atoms with Crippen LogP contribution in [0.15, 0.2) is 28.6 Å². The Kier molecular flexibility index (Phi) is 4.69.